The van der Waals surface area contributed by atoms with Crippen LogP contribution < -0.4 is 0 Å². The minimum atomic E-state index is -1.65. The van der Waals surface area contributed by atoms with Crippen LogP contribution in [0.5, 0.6) is 0 Å². The zero-order valence-corrected chi connectivity index (χ0v) is 36.4. The van der Waals surface area contributed by atoms with Crippen molar-refractivity contribution < 1.29 is 26.8 Å². The fourth-order valence-corrected chi connectivity index (χ4v) is 6.75. The van der Waals surface area contributed by atoms with Gasteiger partial charge >= 0.3 is 53.5 Å². The molecule has 0 spiro atoms. The number of fused-ring (bicyclic) bond motifs is 2. The van der Waals surface area contributed by atoms with E-state index < -0.39 is 18.0 Å². The molecule has 0 fully saturated rings. The van der Waals surface area contributed by atoms with Crippen molar-refractivity contribution in [2.45, 2.75) is 40.8 Å². The van der Waals surface area contributed by atoms with Gasteiger partial charge in [0.05, 0.1) is 23.0 Å². The van der Waals surface area contributed by atoms with Crippen LogP contribution >= 0.6 is 40.2 Å². The van der Waals surface area contributed by atoms with E-state index in [4.69, 9.17) is 49.1 Å². The SMILES string of the molecule is C[Si](C)=[Zr]([Cl])[Cl].Cc1ccc(-c2cc3c(-c4ccccc4Cl)c(C)ccc3[cH-]2)o1.Cc1ccc(-c2cc3c(-c4ccccc4Cl)c(C)ccc3[cH-]2)o1. The summed E-state index contributed by atoms with van der Waals surface area (Å²) in [6, 6.07) is 41.4. The maximum absolute atomic E-state index is 6.44. The molecule has 0 atom stereocenters. The Bertz CT molecular complexity index is 2360. The Hall–Kier alpha value is -3.08. The second-order valence-corrected chi connectivity index (χ2v) is 36.8. The molecule has 2 aromatic heterocycles. The molecule has 0 aliphatic heterocycles. The van der Waals surface area contributed by atoms with Crippen molar-refractivity contribution in [1.82, 2.24) is 0 Å². The largest absolute Gasteiger partial charge is 0.496 e. The number of hydrogen-bond acceptors (Lipinski definition) is 2. The summed E-state index contributed by atoms with van der Waals surface area (Å²) in [7, 11) is 11.2. The van der Waals surface area contributed by atoms with Crippen LogP contribution in [-0.4, -0.2) is 5.43 Å². The zero-order chi connectivity index (χ0) is 37.1. The average molecular weight is 860 g/mol. The van der Waals surface area contributed by atoms with Gasteiger partial charge in [-0.3, -0.25) is 0 Å². The molecule has 8 aromatic rings. The average Bonchev–Trinajstić information content (AvgIpc) is 3.93. The molecule has 0 amide bonds. The van der Waals surface area contributed by atoms with Crippen LogP contribution in [0.4, 0.5) is 0 Å². The topological polar surface area (TPSA) is 26.3 Å². The van der Waals surface area contributed by atoms with Crippen molar-refractivity contribution in [2.24, 2.45) is 0 Å². The Morgan fingerprint density at radius 3 is 1.25 bits per heavy atom. The fraction of sp³-hybridized carbons (Fsp3) is 0.136. The van der Waals surface area contributed by atoms with E-state index in [1.807, 2.05) is 74.5 Å². The summed E-state index contributed by atoms with van der Waals surface area (Å²) in [5.41, 5.74) is 8.97. The molecule has 0 N–H and O–H groups in total. The summed E-state index contributed by atoms with van der Waals surface area (Å²) >= 11 is 11.2. The molecule has 0 aliphatic carbocycles. The van der Waals surface area contributed by atoms with Crippen LogP contribution in [0.15, 0.2) is 130 Å². The first-order valence-corrected chi connectivity index (χ1v) is 30.2. The van der Waals surface area contributed by atoms with E-state index in [9.17, 15) is 0 Å². The number of halogens is 4. The van der Waals surface area contributed by atoms with Crippen molar-refractivity contribution in [3.63, 3.8) is 0 Å². The van der Waals surface area contributed by atoms with Crippen LogP contribution in [0.25, 0.3) is 66.4 Å². The van der Waals surface area contributed by atoms with Crippen molar-refractivity contribution in [3.05, 3.63) is 154 Å². The van der Waals surface area contributed by atoms with E-state index in [1.54, 1.807) is 0 Å². The summed E-state index contributed by atoms with van der Waals surface area (Å²) < 4.78 is 11.5. The first-order chi connectivity index (χ1) is 24.9. The van der Waals surface area contributed by atoms with Gasteiger partial charge in [0.15, 0.2) is 0 Å². The predicted octanol–water partition coefficient (Wildman–Crippen LogP) is 15.7. The van der Waals surface area contributed by atoms with Crippen molar-refractivity contribution in [1.29, 1.82) is 0 Å². The molecule has 0 saturated heterocycles. The van der Waals surface area contributed by atoms with Crippen LogP contribution in [0.2, 0.25) is 23.1 Å². The molecule has 52 heavy (non-hydrogen) atoms. The van der Waals surface area contributed by atoms with Gasteiger partial charge in [-0.05, 0) is 86.3 Å². The van der Waals surface area contributed by atoms with Crippen molar-refractivity contribution in [2.75, 3.05) is 0 Å². The summed E-state index contributed by atoms with van der Waals surface area (Å²) in [6.45, 7) is 12.5. The Balaban J connectivity index is 0.000000155. The summed E-state index contributed by atoms with van der Waals surface area (Å²) in [5.74, 6) is 3.66. The molecule has 2 heterocycles. The molecule has 8 rings (SSSR count). The normalized spacial score (nSPS) is 10.9. The minimum Gasteiger partial charge on any atom is -0.496 e. The van der Waals surface area contributed by atoms with Gasteiger partial charge in [-0.2, -0.15) is 0 Å². The molecule has 0 bridgehead atoms. The van der Waals surface area contributed by atoms with Gasteiger partial charge in [0.1, 0.15) is 0 Å². The zero-order valence-electron chi connectivity index (χ0n) is 29.9. The minimum absolute atomic E-state index is 0.224. The van der Waals surface area contributed by atoms with E-state index in [-0.39, 0.29) is 5.43 Å². The Morgan fingerprint density at radius 2 is 0.923 bits per heavy atom. The molecule has 0 saturated carbocycles. The summed E-state index contributed by atoms with van der Waals surface area (Å²) in [4.78, 5) is 0. The molecule has 2 nitrogen and oxygen atoms in total. The molecule has 0 unspecified atom stereocenters. The van der Waals surface area contributed by atoms with E-state index in [0.29, 0.717) is 0 Å². The predicted molar refractivity (Wildman–Crippen MR) is 224 cm³/mol. The van der Waals surface area contributed by atoms with E-state index in [1.165, 1.54) is 43.8 Å². The molecule has 0 radical (unpaired) electrons. The number of rotatable bonds is 4. The Morgan fingerprint density at radius 1 is 0.538 bits per heavy atom. The maximum Gasteiger partial charge on any atom is 0.0896 e. The van der Waals surface area contributed by atoms with Crippen molar-refractivity contribution in [3.8, 4) is 44.9 Å². The van der Waals surface area contributed by atoms with Crippen LogP contribution in [0.3, 0.4) is 0 Å². The van der Waals surface area contributed by atoms with Crippen LogP contribution in [-0.2, 0) is 18.0 Å². The number of furan rings is 2. The third-order valence-corrected chi connectivity index (χ3v) is 29.3. The smallest absolute Gasteiger partial charge is 0.0896 e. The van der Waals surface area contributed by atoms with Gasteiger partial charge in [-0.25, -0.2) is 0 Å². The molecular weight excluding hydrogens is 822 g/mol. The summed E-state index contributed by atoms with van der Waals surface area (Å²) in [5, 5.41) is 6.38. The van der Waals surface area contributed by atoms with Gasteiger partial charge in [-0.15, -0.1) is 57.9 Å². The van der Waals surface area contributed by atoms with E-state index >= 15 is 0 Å². The van der Waals surface area contributed by atoms with Gasteiger partial charge in [0.25, 0.3) is 0 Å². The Kier molecular flexibility index (Phi) is 12.6. The van der Waals surface area contributed by atoms with Crippen LogP contribution in [0.1, 0.15) is 22.6 Å². The maximum atomic E-state index is 6.44. The first-order valence-electron chi connectivity index (χ1n) is 16.9. The van der Waals surface area contributed by atoms with Gasteiger partial charge in [-0.1, -0.05) is 94.0 Å². The molecule has 8 heteroatoms. The van der Waals surface area contributed by atoms with E-state index in [0.717, 1.165) is 55.3 Å². The third kappa shape index (κ3) is 8.65. The number of aryl methyl sites for hydroxylation is 4. The van der Waals surface area contributed by atoms with Gasteiger partial charge < -0.3 is 8.83 Å². The first kappa shape index (κ1) is 38.6. The standard InChI is InChI=1S/2C21H16ClO.C2H6Si.2ClH.Zr/c2*1-13-7-9-15-11-16(20-10-8-14(2)23-20)12-18(15)21(13)17-5-3-4-6-19(17)22;1-3-2;;;/h2*3-12H,1-2H3;1-2H3;2*1H;/q2*-1;;;;+2/p-2. The summed E-state index contributed by atoms with van der Waals surface area (Å²) in [6.07, 6.45) is 0. The number of benzene rings is 4. The van der Waals surface area contributed by atoms with Gasteiger partial charge in [0, 0.05) is 10.0 Å². The Labute approximate surface area is 330 Å². The molecule has 264 valence electrons. The second-order valence-electron chi connectivity index (χ2n) is 13.0. The van der Waals surface area contributed by atoms with E-state index in [2.05, 4.69) is 87.6 Å². The molecular formula is C44H38Cl4O2SiZr-2. The molecule has 6 aromatic carbocycles. The second kappa shape index (κ2) is 16.9. The molecule has 0 aliphatic rings. The quantitative estimate of drug-likeness (QED) is 0.130. The number of hydrogen-bond donors (Lipinski definition) is 0. The van der Waals surface area contributed by atoms with Crippen LogP contribution in [0, 0.1) is 27.7 Å². The fourth-order valence-electron chi connectivity index (χ4n) is 6.29. The third-order valence-electron chi connectivity index (χ3n) is 8.91. The van der Waals surface area contributed by atoms with Gasteiger partial charge in [0.2, 0.25) is 0 Å². The monoisotopic (exact) mass is 856 g/mol. The van der Waals surface area contributed by atoms with Crippen molar-refractivity contribution >= 4 is 67.2 Å².